The van der Waals surface area contributed by atoms with Crippen LogP contribution >= 0.6 is 0 Å². The lowest BCUT2D eigenvalue weighted by Gasteiger charge is -2.29. The average Bonchev–Trinajstić information content (AvgIpc) is 2.46. The van der Waals surface area contributed by atoms with Crippen LogP contribution in [0, 0.1) is 5.92 Å². The summed E-state index contributed by atoms with van der Waals surface area (Å²) in [6.07, 6.45) is 5.37. The molecule has 19 heavy (non-hydrogen) atoms. The zero-order valence-corrected chi connectivity index (χ0v) is 12.2. The topological polar surface area (TPSA) is 30.5 Å². The Morgan fingerprint density at radius 2 is 1.68 bits per heavy atom. The lowest BCUT2D eigenvalue weighted by Crippen LogP contribution is -2.36. The van der Waals surface area contributed by atoms with Crippen molar-refractivity contribution in [1.82, 2.24) is 5.32 Å². The van der Waals surface area contributed by atoms with Crippen molar-refractivity contribution in [3.05, 3.63) is 23.8 Å². The van der Waals surface area contributed by atoms with Gasteiger partial charge in [0.25, 0.3) is 0 Å². The third kappa shape index (κ3) is 3.87. The van der Waals surface area contributed by atoms with Crippen molar-refractivity contribution >= 4 is 0 Å². The van der Waals surface area contributed by atoms with Gasteiger partial charge in [-0.25, -0.2) is 0 Å². The summed E-state index contributed by atoms with van der Waals surface area (Å²) in [6.45, 7) is 3.23. The van der Waals surface area contributed by atoms with E-state index in [1.807, 2.05) is 6.07 Å². The van der Waals surface area contributed by atoms with Crippen molar-refractivity contribution < 1.29 is 9.47 Å². The zero-order chi connectivity index (χ0) is 13.7. The summed E-state index contributed by atoms with van der Waals surface area (Å²) in [5.74, 6) is 2.49. The molecule has 0 bridgehead atoms. The first-order valence-electron chi connectivity index (χ1n) is 7.18. The molecule has 1 N–H and O–H groups in total. The van der Waals surface area contributed by atoms with Gasteiger partial charge in [0.2, 0.25) is 0 Å². The van der Waals surface area contributed by atoms with Crippen molar-refractivity contribution in [1.29, 1.82) is 0 Å². The van der Waals surface area contributed by atoms with E-state index >= 15 is 0 Å². The quantitative estimate of drug-likeness (QED) is 0.883. The van der Waals surface area contributed by atoms with Crippen molar-refractivity contribution in [2.75, 3.05) is 14.2 Å². The summed E-state index contributed by atoms with van der Waals surface area (Å²) in [6, 6.07) is 6.70. The first-order valence-corrected chi connectivity index (χ1v) is 7.18. The van der Waals surface area contributed by atoms with Crippen molar-refractivity contribution in [2.24, 2.45) is 5.92 Å². The van der Waals surface area contributed by atoms with Gasteiger partial charge in [-0.2, -0.15) is 0 Å². The fraction of sp³-hybridized carbons (Fsp3) is 0.625. The molecule has 0 aliphatic heterocycles. The molecule has 0 amide bonds. The Morgan fingerprint density at radius 3 is 2.26 bits per heavy atom. The Labute approximate surface area is 116 Å². The molecule has 0 aromatic heterocycles. The second-order valence-corrected chi connectivity index (χ2v) is 5.47. The van der Waals surface area contributed by atoms with E-state index in [4.69, 9.17) is 9.47 Å². The van der Waals surface area contributed by atoms with E-state index in [0.717, 1.165) is 24.0 Å². The lowest BCUT2D eigenvalue weighted by atomic mass is 9.86. The fourth-order valence-corrected chi connectivity index (χ4v) is 2.84. The van der Waals surface area contributed by atoms with Crippen LogP contribution in [-0.4, -0.2) is 20.3 Å². The lowest BCUT2D eigenvalue weighted by molar-refractivity contribution is 0.279. The fourth-order valence-electron chi connectivity index (χ4n) is 2.84. The van der Waals surface area contributed by atoms with Gasteiger partial charge in [-0.3, -0.25) is 0 Å². The van der Waals surface area contributed by atoms with Gasteiger partial charge in [0.1, 0.15) is 11.5 Å². The highest BCUT2D eigenvalue weighted by molar-refractivity contribution is 5.38. The number of benzene rings is 1. The van der Waals surface area contributed by atoms with Crippen LogP contribution in [0.4, 0.5) is 0 Å². The SMILES string of the molecule is COc1cc(CN[C@H]2CCCC[C@@H]2C)cc(OC)c1. The van der Waals surface area contributed by atoms with Gasteiger partial charge in [-0.15, -0.1) is 0 Å². The van der Waals surface area contributed by atoms with Crippen LogP contribution < -0.4 is 14.8 Å². The number of hydrogen-bond acceptors (Lipinski definition) is 3. The molecule has 0 unspecified atom stereocenters. The largest absolute Gasteiger partial charge is 0.497 e. The predicted molar refractivity (Wildman–Crippen MR) is 77.8 cm³/mol. The summed E-state index contributed by atoms with van der Waals surface area (Å²) in [7, 11) is 3.38. The van der Waals surface area contributed by atoms with E-state index in [-0.39, 0.29) is 0 Å². The highest BCUT2D eigenvalue weighted by Crippen LogP contribution is 2.25. The summed E-state index contributed by atoms with van der Waals surface area (Å²) in [5.41, 5.74) is 1.22. The Hall–Kier alpha value is -1.22. The molecule has 1 fully saturated rings. The maximum absolute atomic E-state index is 5.30. The molecule has 2 rings (SSSR count). The molecule has 0 heterocycles. The minimum atomic E-state index is 0.644. The van der Waals surface area contributed by atoms with E-state index < -0.39 is 0 Å². The van der Waals surface area contributed by atoms with E-state index in [2.05, 4.69) is 24.4 Å². The minimum absolute atomic E-state index is 0.644. The van der Waals surface area contributed by atoms with Crippen LogP contribution in [0.25, 0.3) is 0 Å². The Morgan fingerprint density at radius 1 is 1.05 bits per heavy atom. The molecular weight excluding hydrogens is 238 g/mol. The maximum atomic E-state index is 5.30. The zero-order valence-electron chi connectivity index (χ0n) is 12.2. The second-order valence-electron chi connectivity index (χ2n) is 5.47. The average molecular weight is 263 g/mol. The highest BCUT2D eigenvalue weighted by atomic mass is 16.5. The standard InChI is InChI=1S/C16H25NO2/c1-12-6-4-5-7-16(12)17-11-13-8-14(18-2)10-15(9-13)19-3/h8-10,12,16-17H,4-7,11H2,1-3H3/t12-,16-/m0/s1. The van der Waals surface area contributed by atoms with Crippen LogP contribution in [0.3, 0.4) is 0 Å². The van der Waals surface area contributed by atoms with Crippen molar-refractivity contribution in [3.63, 3.8) is 0 Å². The summed E-state index contributed by atoms with van der Waals surface area (Å²) in [5, 5.41) is 3.68. The molecule has 1 aromatic carbocycles. The third-order valence-electron chi connectivity index (χ3n) is 4.09. The Balaban J connectivity index is 1.98. The molecule has 3 nitrogen and oxygen atoms in total. The van der Waals surface area contributed by atoms with Gasteiger partial charge >= 0.3 is 0 Å². The second kappa shape index (κ2) is 6.80. The third-order valence-corrected chi connectivity index (χ3v) is 4.09. The molecule has 1 aliphatic rings. The predicted octanol–water partition coefficient (Wildman–Crippen LogP) is 3.37. The Bertz CT molecular complexity index is 383. The van der Waals surface area contributed by atoms with E-state index in [9.17, 15) is 0 Å². The van der Waals surface area contributed by atoms with Gasteiger partial charge in [0.15, 0.2) is 0 Å². The molecule has 1 aromatic rings. The number of ether oxygens (including phenoxy) is 2. The van der Waals surface area contributed by atoms with Crippen LogP contribution in [0.5, 0.6) is 11.5 Å². The van der Waals surface area contributed by atoms with Gasteiger partial charge in [-0.1, -0.05) is 19.8 Å². The number of methoxy groups -OCH3 is 2. The van der Waals surface area contributed by atoms with Crippen LogP contribution in [0.1, 0.15) is 38.2 Å². The number of hydrogen-bond donors (Lipinski definition) is 1. The molecule has 106 valence electrons. The van der Waals surface area contributed by atoms with E-state index in [0.29, 0.717) is 6.04 Å². The summed E-state index contributed by atoms with van der Waals surface area (Å²) >= 11 is 0. The normalized spacial score (nSPS) is 23.1. The minimum Gasteiger partial charge on any atom is -0.497 e. The molecule has 1 saturated carbocycles. The molecular formula is C16H25NO2. The first kappa shape index (κ1) is 14.2. The van der Waals surface area contributed by atoms with Gasteiger partial charge < -0.3 is 14.8 Å². The van der Waals surface area contributed by atoms with Gasteiger partial charge in [0, 0.05) is 18.7 Å². The molecule has 1 aliphatic carbocycles. The molecule has 0 radical (unpaired) electrons. The monoisotopic (exact) mass is 263 g/mol. The smallest absolute Gasteiger partial charge is 0.122 e. The molecule has 0 spiro atoms. The van der Waals surface area contributed by atoms with Crippen LogP contribution in [-0.2, 0) is 6.54 Å². The highest BCUT2D eigenvalue weighted by Gasteiger charge is 2.20. The molecule has 0 saturated heterocycles. The molecule has 3 heteroatoms. The van der Waals surface area contributed by atoms with Gasteiger partial charge in [-0.05, 0) is 36.5 Å². The first-order chi connectivity index (χ1) is 9.22. The number of rotatable bonds is 5. The summed E-state index contributed by atoms with van der Waals surface area (Å²) < 4.78 is 10.6. The summed E-state index contributed by atoms with van der Waals surface area (Å²) in [4.78, 5) is 0. The number of nitrogens with one attached hydrogen (secondary N) is 1. The maximum Gasteiger partial charge on any atom is 0.122 e. The van der Waals surface area contributed by atoms with Crippen molar-refractivity contribution in [2.45, 2.75) is 45.2 Å². The van der Waals surface area contributed by atoms with Crippen LogP contribution in [0.15, 0.2) is 18.2 Å². The Kier molecular flexibility index (Phi) is 5.08. The molecule has 2 atom stereocenters. The van der Waals surface area contributed by atoms with Crippen molar-refractivity contribution in [3.8, 4) is 11.5 Å². The van der Waals surface area contributed by atoms with E-state index in [1.54, 1.807) is 14.2 Å². The van der Waals surface area contributed by atoms with E-state index in [1.165, 1.54) is 31.2 Å². The van der Waals surface area contributed by atoms with Gasteiger partial charge in [0.05, 0.1) is 14.2 Å². The van der Waals surface area contributed by atoms with Crippen LogP contribution in [0.2, 0.25) is 0 Å².